The lowest BCUT2D eigenvalue weighted by Crippen LogP contribution is -2.31. The first-order valence-electron chi connectivity index (χ1n) is 9.16. The minimum absolute atomic E-state index is 0.00327. The molecule has 0 unspecified atom stereocenters. The largest absolute Gasteiger partial charge is 0.364 e. The van der Waals surface area contributed by atoms with Gasteiger partial charge in [0.15, 0.2) is 0 Å². The molecule has 2 N–H and O–H groups in total. The summed E-state index contributed by atoms with van der Waals surface area (Å²) in [7, 11) is 0. The fourth-order valence-corrected chi connectivity index (χ4v) is 3.02. The van der Waals surface area contributed by atoms with Crippen molar-refractivity contribution in [2.75, 3.05) is 0 Å². The average Bonchev–Trinajstić information content (AvgIpc) is 2.72. The average molecular weight is 410 g/mol. The van der Waals surface area contributed by atoms with Gasteiger partial charge in [-0.05, 0) is 48.2 Å². The molecular weight excluding hydrogens is 390 g/mol. The molecule has 2 aromatic carbocycles. The summed E-state index contributed by atoms with van der Waals surface area (Å²) in [6, 6.07) is 10.4. The van der Waals surface area contributed by atoms with E-state index in [4.69, 9.17) is 5.73 Å². The van der Waals surface area contributed by atoms with Gasteiger partial charge in [0.25, 0.3) is 11.8 Å². The van der Waals surface area contributed by atoms with Crippen molar-refractivity contribution >= 4 is 11.8 Å². The highest BCUT2D eigenvalue weighted by atomic mass is 19.1. The number of carbonyl (C=O) groups is 2. The van der Waals surface area contributed by atoms with Gasteiger partial charge < -0.3 is 10.6 Å². The molecular formula is C22H20F2N4O2. The van der Waals surface area contributed by atoms with Crippen molar-refractivity contribution < 1.29 is 18.4 Å². The number of nitrogens with two attached hydrogens (primary N) is 1. The summed E-state index contributed by atoms with van der Waals surface area (Å²) in [5.41, 5.74) is 7.49. The normalized spacial score (nSPS) is 10.7. The zero-order chi connectivity index (χ0) is 21.8. The molecule has 8 heteroatoms. The van der Waals surface area contributed by atoms with Crippen LogP contribution in [-0.4, -0.2) is 26.7 Å². The van der Waals surface area contributed by atoms with E-state index in [1.165, 1.54) is 23.1 Å². The first kappa shape index (κ1) is 21.0. The van der Waals surface area contributed by atoms with E-state index in [0.29, 0.717) is 22.3 Å². The number of rotatable bonds is 6. The van der Waals surface area contributed by atoms with Crippen LogP contribution in [0.4, 0.5) is 8.78 Å². The Hall–Kier alpha value is -3.68. The summed E-state index contributed by atoms with van der Waals surface area (Å²) < 4.78 is 27.3. The van der Waals surface area contributed by atoms with Gasteiger partial charge in [-0.3, -0.25) is 9.59 Å². The molecule has 3 rings (SSSR count). The fraction of sp³-hybridized carbons (Fsp3) is 0.182. The van der Waals surface area contributed by atoms with Crippen LogP contribution in [0.5, 0.6) is 0 Å². The Bertz CT molecular complexity index is 1060. The number of amides is 2. The van der Waals surface area contributed by atoms with Gasteiger partial charge in [0.05, 0.1) is 0 Å². The van der Waals surface area contributed by atoms with E-state index >= 15 is 0 Å². The Balaban J connectivity index is 1.95. The molecule has 30 heavy (non-hydrogen) atoms. The first-order chi connectivity index (χ1) is 14.2. The van der Waals surface area contributed by atoms with Gasteiger partial charge in [-0.1, -0.05) is 24.3 Å². The van der Waals surface area contributed by atoms with Gasteiger partial charge in [0, 0.05) is 19.2 Å². The highest BCUT2D eigenvalue weighted by Crippen LogP contribution is 2.18. The first-order valence-corrected chi connectivity index (χ1v) is 9.16. The third-order valence-corrected chi connectivity index (χ3v) is 4.62. The molecule has 0 saturated carbocycles. The van der Waals surface area contributed by atoms with Crippen molar-refractivity contribution in [1.29, 1.82) is 0 Å². The van der Waals surface area contributed by atoms with Crippen LogP contribution in [0.25, 0.3) is 0 Å². The molecule has 6 nitrogen and oxygen atoms in total. The van der Waals surface area contributed by atoms with Gasteiger partial charge in [-0.2, -0.15) is 0 Å². The minimum Gasteiger partial charge on any atom is -0.364 e. The number of aromatic nitrogens is 2. The predicted molar refractivity (Wildman–Crippen MR) is 106 cm³/mol. The Morgan fingerprint density at radius 2 is 1.37 bits per heavy atom. The van der Waals surface area contributed by atoms with Crippen LogP contribution < -0.4 is 5.73 Å². The molecule has 1 aromatic heterocycles. The zero-order valence-corrected chi connectivity index (χ0v) is 16.5. The number of halogens is 2. The van der Waals surface area contributed by atoms with Crippen LogP contribution in [0.15, 0.2) is 48.8 Å². The molecule has 2 amide bonds. The number of nitrogens with zero attached hydrogens (tertiary/aromatic N) is 3. The molecule has 0 bridgehead atoms. The summed E-state index contributed by atoms with van der Waals surface area (Å²) in [6.45, 7) is 3.59. The van der Waals surface area contributed by atoms with Crippen molar-refractivity contribution in [3.63, 3.8) is 0 Å². The lowest BCUT2D eigenvalue weighted by atomic mass is 10.1. The SMILES string of the molecule is Cc1cc(CN(Cc2ccc(F)c(C)c2)C(=O)c2cc(C(N)=O)ncn2)ccc1F. The molecule has 0 atom stereocenters. The molecule has 0 aliphatic carbocycles. The topological polar surface area (TPSA) is 89.2 Å². The van der Waals surface area contributed by atoms with Gasteiger partial charge in [-0.25, -0.2) is 18.7 Å². The highest BCUT2D eigenvalue weighted by Gasteiger charge is 2.20. The van der Waals surface area contributed by atoms with Crippen LogP contribution in [0.2, 0.25) is 0 Å². The Labute approximate surface area is 172 Å². The quantitative estimate of drug-likeness (QED) is 0.675. The second-order valence-corrected chi connectivity index (χ2v) is 6.98. The number of benzene rings is 2. The van der Waals surface area contributed by atoms with E-state index in [9.17, 15) is 18.4 Å². The molecule has 1 heterocycles. The molecule has 0 spiro atoms. The van der Waals surface area contributed by atoms with E-state index in [1.54, 1.807) is 38.1 Å². The Kier molecular flexibility index (Phi) is 6.15. The minimum atomic E-state index is -0.777. The number of hydrogen-bond donors (Lipinski definition) is 1. The van der Waals surface area contributed by atoms with Crippen LogP contribution in [0.1, 0.15) is 43.2 Å². The molecule has 3 aromatic rings. The third-order valence-electron chi connectivity index (χ3n) is 4.62. The monoisotopic (exact) mass is 410 g/mol. The Morgan fingerprint density at radius 1 is 0.867 bits per heavy atom. The van der Waals surface area contributed by atoms with Crippen LogP contribution in [0.3, 0.4) is 0 Å². The second-order valence-electron chi connectivity index (χ2n) is 6.98. The Morgan fingerprint density at radius 3 is 1.83 bits per heavy atom. The summed E-state index contributed by atoms with van der Waals surface area (Å²) in [5.74, 6) is -1.93. The second kappa shape index (κ2) is 8.77. The maximum Gasteiger partial charge on any atom is 0.273 e. The number of aryl methyl sites for hydroxylation is 2. The van der Waals surface area contributed by atoms with E-state index in [-0.39, 0.29) is 36.1 Å². The lowest BCUT2D eigenvalue weighted by molar-refractivity contribution is 0.0723. The van der Waals surface area contributed by atoms with Crippen LogP contribution in [-0.2, 0) is 13.1 Å². The molecule has 0 aliphatic heterocycles. The van der Waals surface area contributed by atoms with Gasteiger partial charge in [0.1, 0.15) is 29.3 Å². The van der Waals surface area contributed by atoms with Crippen LogP contribution in [0, 0.1) is 25.5 Å². The van der Waals surface area contributed by atoms with Crippen molar-refractivity contribution in [1.82, 2.24) is 14.9 Å². The highest BCUT2D eigenvalue weighted by molar-refractivity contribution is 5.96. The fourth-order valence-electron chi connectivity index (χ4n) is 3.02. The summed E-state index contributed by atoms with van der Waals surface area (Å²) in [6.07, 6.45) is 1.09. The molecule has 0 radical (unpaired) electrons. The van der Waals surface area contributed by atoms with Crippen molar-refractivity contribution in [2.45, 2.75) is 26.9 Å². The lowest BCUT2D eigenvalue weighted by Gasteiger charge is -2.23. The van der Waals surface area contributed by atoms with Gasteiger partial charge in [0.2, 0.25) is 0 Å². The van der Waals surface area contributed by atoms with Crippen LogP contribution >= 0.6 is 0 Å². The molecule has 0 fully saturated rings. The summed E-state index contributed by atoms with van der Waals surface area (Å²) in [5, 5.41) is 0. The smallest absolute Gasteiger partial charge is 0.273 e. The van der Waals surface area contributed by atoms with E-state index in [0.717, 1.165) is 6.33 Å². The van der Waals surface area contributed by atoms with Gasteiger partial charge in [-0.15, -0.1) is 0 Å². The van der Waals surface area contributed by atoms with Crippen molar-refractivity contribution in [3.05, 3.63) is 94.1 Å². The van der Waals surface area contributed by atoms with Crippen molar-refractivity contribution in [2.24, 2.45) is 5.73 Å². The predicted octanol–water partition coefficient (Wildman–Crippen LogP) is 3.31. The summed E-state index contributed by atoms with van der Waals surface area (Å²) >= 11 is 0. The molecule has 0 aliphatic rings. The summed E-state index contributed by atoms with van der Waals surface area (Å²) in [4.78, 5) is 33.8. The number of carbonyl (C=O) groups excluding carboxylic acids is 2. The number of hydrogen-bond acceptors (Lipinski definition) is 4. The maximum absolute atomic E-state index is 13.6. The standard InChI is InChI=1S/C22H20F2N4O2/c1-13-7-15(3-5-17(13)23)10-28(11-16-4-6-18(24)14(2)8-16)22(30)20-9-19(21(25)29)26-12-27-20/h3-9,12H,10-11H2,1-2H3,(H2,25,29). The van der Waals surface area contributed by atoms with Crippen molar-refractivity contribution in [3.8, 4) is 0 Å². The molecule has 154 valence electrons. The van der Waals surface area contributed by atoms with E-state index in [1.807, 2.05) is 0 Å². The van der Waals surface area contributed by atoms with E-state index in [2.05, 4.69) is 9.97 Å². The maximum atomic E-state index is 13.6. The van der Waals surface area contributed by atoms with E-state index < -0.39 is 11.8 Å². The van der Waals surface area contributed by atoms with Gasteiger partial charge >= 0.3 is 0 Å². The third kappa shape index (κ3) is 4.83. The molecule has 0 saturated heterocycles. The number of primary amides is 1. The zero-order valence-electron chi connectivity index (χ0n) is 16.5.